The van der Waals surface area contributed by atoms with Crippen LogP contribution in [0.3, 0.4) is 0 Å². The van der Waals surface area contributed by atoms with Gasteiger partial charge in [-0.1, -0.05) is 12.1 Å². The molecule has 0 spiro atoms. The molecule has 2 rings (SSSR count). The smallest absolute Gasteiger partial charge is 0.303 e. The summed E-state index contributed by atoms with van der Waals surface area (Å²) in [6.45, 7) is 0. The van der Waals surface area contributed by atoms with Crippen LogP contribution >= 0.6 is 7.82 Å². The van der Waals surface area contributed by atoms with Crippen molar-refractivity contribution in [3.63, 3.8) is 0 Å². The molecule has 2 N–H and O–H groups in total. The molecule has 2 aromatic heterocycles. The molecule has 0 saturated carbocycles. The molecule has 0 aliphatic heterocycles. The fourth-order valence-electron chi connectivity index (χ4n) is 0.625. The minimum atomic E-state index is -4.15. The maximum Gasteiger partial charge on any atom is 0.469 e. The minimum Gasteiger partial charge on any atom is -0.303 e. The van der Waals surface area contributed by atoms with Gasteiger partial charge in [0.15, 0.2) is 0 Å². The largest absolute Gasteiger partial charge is 0.469 e. The summed E-state index contributed by atoms with van der Waals surface area (Å²) in [6.07, 6.45) is 7.00. The molecular weight excluding hydrogens is 255 g/mol. The van der Waals surface area contributed by atoms with Gasteiger partial charge < -0.3 is 9.79 Å². The van der Waals surface area contributed by atoms with Gasteiger partial charge in [0.2, 0.25) is 0 Å². The molecule has 0 amide bonds. The van der Waals surface area contributed by atoms with Crippen LogP contribution in [0.2, 0.25) is 0 Å². The van der Waals surface area contributed by atoms with Crippen molar-refractivity contribution < 1.29 is 18.9 Å². The van der Waals surface area contributed by atoms with E-state index < -0.39 is 7.82 Å². The van der Waals surface area contributed by atoms with E-state index in [1.807, 2.05) is 36.4 Å². The average Bonchev–Trinajstić information content (AvgIpc) is 2.43. The van der Waals surface area contributed by atoms with E-state index in [4.69, 9.17) is 9.79 Å². The van der Waals surface area contributed by atoms with Crippen molar-refractivity contribution in [3.05, 3.63) is 61.2 Å². The Morgan fingerprint density at radius 1 is 0.833 bits per heavy atom. The molecule has 98 valence electrons. The molecule has 0 aliphatic carbocycles. The van der Waals surface area contributed by atoms with Crippen LogP contribution in [-0.4, -0.2) is 26.9 Å². The molecule has 6 nitrogen and oxygen atoms in total. The van der Waals surface area contributed by atoms with Gasteiger partial charge in [-0.25, -0.2) is 4.57 Å². The van der Waals surface area contributed by atoms with Crippen molar-refractivity contribution in [1.82, 2.24) is 9.97 Å². The predicted octanol–water partition coefficient (Wildman–Crippen LogP) is 1.89. The summed E-state index contributed by atoms with van der Waals surface area (Å²) in [5.74, 6) is 0. The Balaban J connectivity index is 0.000000241. The third kappa shape index (κ3) is 14.4. The first-order valence-corrected chi connectivity index (χ1v) is 6.40. The number of nitrogens with zero attached hydrogens (tertiary/aromatic N) is 2. The third-order valence-electron chi connectivity index (χ3n) is 1.37. The summed E-state index contributed by atoms with van der Waals surface area (Å²) in [7, 11) is -3.20. The molecule has 0 bridgehead atoms. The first kappa shape index (κ1) is 16.4. The lowest BCUT2D eigenvalue weighted by atomic mass is 10.5. The second kappa shape index (κ2) is 10.6. The van der Waals surface area contributed by atoms with Crippen molar-refractivity contribution >= 4 is 7.82 Å². The number of hydrogen-bond donors (Lipinski definition) is 2. The summed E-state index contributed by atoms with van der Waals surface area (Å²) in [5, 5.41) is 0. The van der Waals surface area contributed by atoms with Gasteiger partial charge in [0.05, 0.1) is 0 Å². The van der Waals surface area contributed by atoms with Gasteiger partial charge in [-0.3, -0.25) is 14.5 Å². The Morgan fingerprint density at radius 2 is 1.11 bits per heavy atom. The maximum absolute atomic E-state index is 9.47. The molecule has 2 aromatic rings. The van der Waals surface area contributed by atoms with Crippen molar-refractivity contribution in [2.45, 2.75) is 0 Å². The molecule has 0 aliphatic rings. The highest BCUT2D eigenvalue weighted by Gasteiger charge is 2.07. The van der Waals surface area contributed by atoms with Gasteiger partial charge in [-0.2, -0.15) is 0 Å². The van der Waals surface area contributed by atoms with Gasteiger partial charge in [-0.05, 0) is 24.3 Å². The van der Waals surface area contributed by atoms with Crippen LogP contribution in [0.1, 0.15) is 0 Å². The van der Waals surface area contributed by atoms with E-state index in [0.717, 1.165) is 7.11 Å². The highest BCUT2D eigenvalue weighted by Crippen LogP contribution is 2.33. The van der Waals surface area contributed by atoms with Gasteiger partial charge in [0.25, 0.3) is 0 Å². The maximum atomic E-state index is 9.47. The third-order valence-corrected chi connectivity index (χ3v) is 1.85. The van der Waals surface area contributed by atoms with Crippen LogP contribution in [0.25, 0.3) is 0 Å². The predicted molar refractivity (Wildman–Crippen MR) is 67.5 cm³/mol. The Kier molecular flexibility index (Phi) is 9.62. The first-order chi connectivity index (χ1) is 8.56. The quantitative estimate of drug-likeness (QED) is 0.769. The highest BCUT2D eigenvalue weighted by molar-refractivity contribution is 7.46. The number of rotatable bonds is 1. The zero-order chi connectivity index (χ0) is 13.7. The SMILES string of the molecule is COP(=O)(O)O.c1ccncc1.c1ccncc1. The first-order valence-electron chi connectivity index (χ1n) is 4.87. The number of phosphoric acid groups is 1. The van der Waals surface area contributed by atoms with Crippen LogP contribution in [0.5, 0.6) is 0 Å². The summed E-state index contributed by atoms with van der Waals surface area (Å²) in [4.78, 5) is 23.0. The second-order valence-electron chi connectivity index (χ2n) is 2.72. The average molecular weight is 270 g/mol. The molecule has 7 heteroatoms. The van der Waals surface area contributed by atoms with E-state index in [0.29, 0.717) is 0 Å². The minimum absolute atomic E-state index is 0.945. The van der Waals surface area contributed by atoms with E-state index in [1.54, 1.807) is 24.8 Å². The van der Waals surface area contributed by atoms with Crippen LogP contribution in [0.15, 0.2) is 61.2 Å². The molecule has 0 radical (unpaired) electrons. The van der Waals surface area contributed by atoms with E-state index in [9.17, 15) is 4.57 Å². The molecule has 18 heavy (non-hydrogen) atoms. The number of aromatic nitrogens is 2. The van der Waals surface area contributed by atoms with Gasteiger partial charge in [0, 0.05) is 31.9 Å². The standard InChI is InChI=1S/2C5H5N.CH5O4P/c2*1-2-4-6-5-3-1;1-5-6(2,3)4/h2*1-5H;1H3,(H2,2,3,4). The fraction of sp³-hybridized carbons (Fsp3) is 0.0909. The normalized spacial score (nSPS) is 9.28. The Labute approximate surface area is 106 Å². The van der Waals surface area contributed by atoms with Crippen LogP contribution < -0.4 is 0 Å². The molecule has 0 aromatic carbocycles. The van der Waals surface area contributed by atoms with Crippen molar-refractivity contribution in [2.24, 2.45) is 0 Å². The Bertz CT molecular complexity index is 337. The van der Waals surface area contributed by atoms with Crippen molar-refractivity contribution in [2.75, 3.05) is 7.11 Å². The number of phosphoric ester groups is 1. The topological polar surface area (TPSA) is 92.5 Å². The number of pyridine rings is 2. The van der Waals surface area contributed by atoms with Gasteiger partial charge in [-0.15, -0.1) is 0 Å². The van der Waals surface area contributed by atoms with Crippen LogP contribution in [0, 0.1) is 0 Å². The molecule has 0 fully saturated rings. The van der Waals surface area contributed by atoms with E-state index in [1.165, 1.54) is 0 Å². The zero-order valence-corrected chi connectivity index (χ0v) is 10.7. The molecule has 0 atom stereocenters. The summed E-state index contributed by atoms with van der Waals surface area (Å²) >= 11 is 0. The lowest BCUT2D eigenvalue weighted by molar-refractivity contribution is 0.235. The van der Waals surface area contributed by atoms with E-state index >= 15 is 0 Å². The van der Waals surface area contributed by atoms with Crippen LogP contribution in [-0.2, 0) is 9.09 Å². The van der Waals surface area contributed by atoms with E-state index in [2.05, 4.69) is 14.5 Å². The van der Waals surface area contributed by atoms with Crippen molar-refractivity contribution in [3.8, 4) is 0 Å². The second-order valence-corrected chi connectivity index (χ2v) is 4.07. The molecule has 0 saturated heterocycles. The van der Waals surface area contributed by atoms with Crippen LogP contribution in [0.4, 0.5) is 0 Å². The molecule has 0 unspecified atom stereocenters. The fourth-order valence-corrected chi connectivity index (χ4v) is 0.625. The molecule has 2 heterocycles. The zero-order valence-electron chi connectivity index (χ0n) is 9.83. The van der Waals surface area contributed by atoms with Gasteiger partial charge in [0.1, 0.15) is 0 Å². The van der Waals surface area contributed by atoms with Crippen molar-refractivity contribution in [1.29, 1.82) is 0 Å². The highest BCUT2D eigenvalue weighted by atomic mass is 31.2. The Hall–Kier alpha value is -1.59. The Morgan fingerprint density at radius 3 is 1.17 bits per heavy atom. The van der Waals surface area contributed by atoms with E-state index in [-0.39, 0.29) is 0 Å². The monoisotopic (exact) mass is 270 g/mol. The van der Waals surface area contributed by atoms with Gasteiger partial charge >= 0.3 is 7.82 Å². The number of hydrogen-bond acceptors (Lipinski definition) is 4. The molecular formula is C11H15N2O4P. The summed E-state index contributed by atoms with van der Waals surface area (Å²) in [5.41, 5.74) is 0. The summed E-state index contributed by atoms with van der Waals surface area (Å²) < 4.78 is 13.1. The lowest BCUT2D eigenvalue weighted by Gasteiger charge is -1.93. The summed E-state index contributed by atoms with van der Waals surface area (Å²) in [6, 6.07) is 11.4. The lowest BCUT2D eigenvalue weighted by Crippen LogP contribution is -1.76.